The van der Waals surface area contributed by atoms with E-state index in [9.17, 15) is 0 Å². The molecule has 0 aromatic heterocycles. The summed E-state index contributed by atoms with van der Waals surface area (Å²) in [5, 5.41) is 0. The summed E-state index contributed by atoms with van der Waals surface area (Å²) in [7, 11) is 0. The molecule has 0 aromatic rings. The Morgan fingerprint density at radius 3 is 1.00 bits per heavy atom. The van der Waals surface area contributed by atoms with E-state index < -0.39 is 0 Å². The van der Waals surface area contributed by atoms with Gasteiger partial charge in [0.25, 0.3) is 0 Å². The topological polar surface area (TPSA) is 0 Å². The monoisotopic (exact) mass is 597 g/mol. The average molecular weight is 593 g/mol. The second-order valence-corrected chi connectivity index (χ2v) is 15.0. The molecule has 0 N–H and O–H groups in total. The number of hydrogen-bond acceptors (Lipinski definition) is 0. The first-order valence-electron chi connectivity index (χ1n) is 0.333. The molecular weight excluding hydrogens is 593 g/mol. The molecule has 0 heterocycles. The van der Waals surface area contributed by atoms with Crippen molar-refractivity contribution in [2.24, 2.45) is 0 Å². The molecule has 0 aliphatic heterocycles. The van der Waals surface area contributed by atoms with Gasteiger partial charge in [0.05, 0.1) is 0 Å². The van der Waals surface area contributed by atoms with Crippen molar-refractivity contribution in [1.29, 1.82) is 0 Å². The Labute approximate surface area is 93.5 Å². The third-order valence-corrected chi connectivity index (χ3v) is 0. The summed E-state index contributed by atoms with van der Waals surface area (Å²) in [5.74, 6) is 0. The Hall–Kier alpha value is 3.51. The van der Waals surface area contributed by atoms with Crippen LogP contribution in [0.4, 0.5) is 0 Å². The van der Waals surface area contributed by atoms with Crippen LogP contribution >= 0.6 is 0 Å². The van der Waals surface area contributed by atoms with Crippen LogP contribution in [0.25, 0.3) is 0 Å². The molecule has 0 radical (unpaired) electrons. The van der Waals surface area contributed by atoms with Gasteiger partial charge in [-0.15, -0.1) is 0 Å². The minimum atomic E-state index is -0.000000000000000111. The molecule has 0 saturated carbocycles. The van der Waals surface area contributed by atoms with Gasteiger partial charge in [-0.25, -0.2) is 0 Å². The van der Waals surface area contributed by atoms with Gasteiger partial charge in [-0.1, -0.05) is 0 Å². The van der Waals surface area contributed by atoms with E-state index in [4.69, 9.17) is 0 Å². The normalized spacial score (nSPS) is 2.00. The summed E-state index contributed by atoms with van der Waals surface area (Å²) in [6.07, 6.45) is 0. The molecule has 0 atom stereocenters. The van der Waals surface area contributed by atoms with Crippen molar-refractivity contribution < 1.29 is 35.6 Å². The van der Waals surface area contributed by atoms with Crippen LogP contribution in [-0.4, -0.2) is 59.8 Å². The van der Waals surface area contributed by atoms with Crippen LogP contribution < -0.4 is 0 Å². The van der Waals surface area contributed by atoms with Crippen molar-refractivity contribution in [2.75, 3.05) is 0 Å². The second kappa shape index (κ2) is 23.6. The molecular formula is NbSe4W+. The Morgan fingerprint density at radius 1 is 1.00 bits per heavy atom. The number of hydrogen-bond donors (Lipinski definition) is 0. The third kappa shape index (κ3) is 25.8. The van der Waals surface area contributed by atoms with Gasteiger partial charge < -0.3 is 34.1 Å². The van der Waals surface area contributed by atoms with E-state index in [2.05, 4.69) is 25.6 Å². The van der Waals surface area contributed by atoms with Crippen LogP contribution in [0.2, 0.25) is 0 Å². The van der Waals surface area contributed by atoms with E-state index >= 15 is 0 Å². The minimum absolute atomic E-state index is 0. The van der Waals surface area contributed by atoms with Gasteiger partial charge in [0.15, 0.2) is 0 Å². The van der Waals surface area contributed by atoms with Crippen molar-refractivity contribution >= 4 is 59.8 Å². The van der Waals surface area contributed by atoms with E-state index in [0.29, 0.717) is 0 Å². The number of rotatable bonds is 0. The first kappa shape index (κ1) is 22.7. The summed E-state index contributed by atoms with van der Waals surface area (Å²) in [5.41, 5.74) is 0. The predicted molar refractivity (Wildman–Crippen MR) is 23.0 cm³/mol. The molecule has 34 valence electrons. The van der Waals surface area contributed by atoms with Crippen LogP contribution in [0.3, 0.4) is 0 Å². The third-order valence-electron chi connectivity index (χ3n) is 0. The molecule has 6 heavy (non-hydrogen) atoms. The average Bonchev–Trinajstić information content (AvgIpc) is 0.918. The van der Waals surface area contributed by atoms with Crippen molar-refractivity contribution in [3.8, 4) is 0 Å². The van der Waals surface area contributed by atoms with Crippen molar-refractivity contribution in [1.82, 2.24) is 0 Å². The van der Waals surface area contributed by atoms with E-state index in [0.717, 1.165) is 0 Å². The standard InChI is InChI=1S/Nb.4Se.W/q+5;;;2*-2;. The van der Waals surface area contributed by atoms with Crippen LogP contribution in [-0.2, 0) is 35.6 Å². The van der Waals surface area contributed by atoms with Crippen molar-refractivity contribution in [3.05, 3.63) is 0 Å². The van der Waals surface area contributed by atoms with Crippen LogP contribution in [0.1, 0.15) is 0 Å². The maximum absolute atomic E-state index is 2.92. The molecule has 0 nitrogen and oxygen atoms in total. The fourth-order valence-corrected chi connectivity index (χ4v) is 0. The first-order chi connectivity index (χ1) is 1.41. The van der Waals surface area contributed by atoms with Crippen LogP contribution in [0.15, 0.2) is 0 Å². The van der Waals surface area contributed by atoms with E-state index in [-0.39, 0.29) is 69.8 Å². The van der Waals surface area contributed by atoms with Crippen LogP contribution in [0.5, 0.6) is 0 Å². The van der Waals surface area contributed by atoms with Gasteiger partial charge in [0.1, 0.15) is 0 Å². The summed E-state index contributed by atoms with van der Waals surface area (Å²) in [4.78, 5) is 0. The second-order valence-electron chi connectivity index (χ2n) is 0.0680. The fourth-order valence-electron chi connectivity index (χ4n) is 0. The van der Waals surface area contributed by atoms with Crippen molar-refractivity contribution in [3.63, 3.8) is 0 Å². The Kier molecular flexibility index (Phi) is 89.2. The quantitative estimate of drug-likeness (QED) is 0.300. The van der Waals surface area contributed by atoms with Crippen molar-refractivity contribution in [2.45, 2.75) is 0 Å². The molecule has 6 heteroatoms. The maximum atomic E-state index is 2.92. The molecule has 0 amide bonds. The Balaban J connectivity index is -0.00000000667. The predicted octanol–water partition coefficient (Wildman–Crippen LogP) is -1.53. The zero-order chi connectivity index (χ0) is 2.71. The molecule has 0 saturated heterocycles. The van der Waals surface area contributed by atoms with Gasteiger partial charge in [-0.3, -0.25) is 0 Å². The van der Waals surface area contributed by atoms with E-state index in [1.807, 2.05) is 0 Å². The SMILES string of the molecule is [Nb+5].[Se-2].[Se-2].[Se]=[W]=[Se]. The Morgan fingerprint density at radius 2 is 1.00 bits per heavy atom. The zero-order valence-corrected chi connectivity index (χ0v) is 14.5. The molecule has 0 aliphatic carbocycles. The van der Waals surface area contributed by atoms with Crippen LogP contribution in [0, 0.1) is 0 Å². The Bertz CT molecular complexity index is 28.5. The molecule has 0 aliphatic rings. The van der Waals surface area contributed by atoms with Gasteiger partial charge in [0, 0.05) is 0 Å². The molecule has 0 fully saturated rings. The summed E-state index contributed by atoms with van der Waals surface area (Å²) < 4.78 is 0. The molecule has 0 bridgehead atoms. The fraction of sp³-hybridized carbons (Fsp3) is 0. The molecule has 0 aromatic carbocycles. The summed E-state index contributed by atoms with van der Waals surface area (Å²) in [6.45, 7) is 0. The summed E-state index contributed by atoms with van der Waals surface area (Å²) >= 11 is 5.83. The molecule has 0 unspecified atom stereocenters. The van der Waals surface area contributed by atoms with E-state index in [1.54, 1.807) is 0 Å². The van der Waals surface area contributed by atoms with Gasteiger partial charge in [-0.05, 0) is 0 Å². The molecule has 0 spiro atoms. The van der Waals surface area contributed by atoms with Gasteiger partial charge in [0.2, 0.25) is 0 Å². The van der Waals surface area contributed by atoms with Gasteiger partial charge >= 0.3 is 61.3 Å². The summed E-state index contributed by atoms with van der Waals surface area (Å²) in [6, 6.07) is 0. The van der Waals surface area contributed by atoms with E-state index in [1.165, 1.54) is 0 Å². The zero-order valence-electron chi connectivity index (χ0n) is 2.49. The van der Waals surface area contributed by atoms with Gasteiger partial charge in [-0.2, -0.15) is 0 Å². The first-order valence-corrected chi connectivity index (χ1v) is 14.2. The molecule has 0 rings (SSSR count).